The van der Waals surface area contributed by atoms with Crippen LogP contribution in [-0.4, -0.2) is 34.6 Å². The molecule has 0 aliphatic heterocycles. The molecular formula is C15H18FN3O3. The van der Waals surface area contributed by atoms with Crippen LogP contribution in [0.1, 0.15) is 37.2 Å². The number of H-pyrrole nitrogens is 1. The number of nitrogens with one attached hydrogen (secondary N) is 1. The SMILES string of the molecule is CCCCOc1cc(F)ccc1-c1n[nH]nc1C(=O)OCC. The highest BCUT2D eigenvalue weighted by Crippen LogP contribution is 2.31. The molecule has 0 saturated heterocycles. The number of hydrogen-bond donors (Lipinski definition) is 1. The number of hydrogen-bond acceptors (Lipinski definition) is 5. The van der Waals surface area contributed by atoms with Gasteiger partial charge in [0.15, 0.2) is 5.69 Å². The Labute approximate surface area is 127 Å². The van der Waals surface area contributed by atoms with Crippen molar-refractivity contribution in [3.63, 3.8) is 0 Å². The molecule has 0 amide bonds. The van der Waals surface area contributed by atoms with Gasteiger partial charge in [-0.1, -0.05) is 13.3 Å². The summed E-state index contributed by atoms with van der Waals surface area (Å²) in [4.78, 5) is 11.9. The van der Waals surface area contributed by atoms with Crippen LogP contribution in [0.3, 0.4) is 0 Å². The van der Waals surface area contributed by atoms with E-state index in [2.05, 4.69) is 15.4 Å². The molecule has 0 aliphatic rings. The zero-order chi connectivity index (χ0) is 15.9. The third kappa shape index (κ3) is 3.60. The number of carbonyl (C=O) groups excluding carboxylic acids is 1. The average Bonchev–Trinajstić information content (AvgIpc) is 2.97. The maximum absolute atomic E-state index is 13.5. The van der Waals surface area contributed by atoms with Crippen molar-refractivity contribution in [3.8, 4) is 17.0 Å². The average molecular weight is 307 g/mol. The van der Waals surface area contributed by atoms with Gasteiger partial charge < -0.3 is 9.47 Å². The number of nitrogens with zero attached hydrogens (tertiary/aromatic N) is 2. The van der Waals surface area contributed by atoms with Crippen molar-refractivity contribution in [2.45, 2.75) is 26.7 Å². The third-order valence-corrected chi connectivity index (χ3v) is 2.97. The van der Waals surface area contributed by atoms with Gasteiger partial charge in [0.05, 0.1) is 13.2 Å². The van der Waals surface area contributed by atoms with Crippen molar-refractivity contribution in [1.29, 1.82) is 0 Å². The van der Waals surface area contributed by atoms with Crippen molar-refractivity contribution < 1.29 is 18.7 Å². The van der Waals surface area contributed by atoms with Gasteiger partial charge in [0, 0.05) is 11.6 Å². The maximum atomic E-state index is 13.5. The smallest absolute Gasteiger partial charge is 0.361 e. The second kappa shape index (κ2) is 7.53. The molecule has 0 radical (unpaired) electrons. The van der Waals surface area contributed by atoms with Crippen LogP contribution >= 0.6 is 0 Å². The summed E-state index contributed by atoms with van der Waals surface area (Å²) in [7, 11) is 0. The molecular weight excluding hydrogens is 289 g/mol. The van der Waals surface area contributed by atoms with Crippen molar-refractivity contribution in [1.82, 2.24) is 15.4 Å². The highest BCUT2D eigenvalue weighted by Gasteiger charge is 2.22. The predicted octanol–water partition coefficient (Wildman–Crippen LogP) is 2.97. The van der Waals surface area contributed by atoms with Gasteiger partial charge in [-0.15, -0.1) is 5.10 Å². The molecule has 0 bridgehead atoms. The molecule has 6 nitrogen and oxygen atoms in total. The highest BCUT2D eigenvalue weighted by molar-refractivity contribution is 5.94. The first kappa shape index (κ1) is 15.9. The van der Waals surface area contributed by atoms with Gasteiger partial charge in [-0.25, -0.2) is 9.18 Å². The first-order valence-corrected chi connectivity index (χ1v) is 7.18. The van der Waals surface area contributed by atoms with Crippen LogP contribution in [0.5, 0.6) is 5.75 Å². The minimum atomic E-state index is -0.588. The number of ether oxygens (including phenoxy) is 2. The Morgan fingerprint density at radius 2 is 2.14 bits per heavy atom. The fourth-order valence-corrected chi connectivity index (χ4v) is 1.90. The van der Waals surface area contributed by atoms with Crippen LogP contribution in [0.15, 0.2) is 18.2 Å². The van der Waals surface area contributed by atoms with Gasteiger partial charge in [0.25, 0.3) is 0 Å². The van der Waals surface area contributed by atoms with Gasteiger partial charge in [0.2, 0.25) is 0 Å². The molecule has 0 saturated carbocycles. The Bertz CT molecular complexity index is 643. The maximum Gasteiger partial charge on any atom is 0.361 e. The first-order valence-electron chi connectivity index (χ1n) is 7.18. The lowest BCUT2D eigenvalue weighted by Gasteiger charge is -2.10. The summed E-state index contributed by atoms with van der Waals surface area (Å²) < 4.78 is 24.0. The molecule has 0 spiro atoms. The lowest BCUT2D eigenvalue weighted by atomic mass is 10.1. The number of aromatic nitrogens is 3. The van der Waals surface area contributed by atoms with E-state index in [-0.39, 0.29) is 18.0 Å². The lowest BCUT2D eigenvalue weighted by Crippen LogP contribution is -2.07. The van der Waals surface area contributed by atoms with Crippen molar-refractivity contribution in [2.75, 3.05) is 13.2 Å². The molecule has 7 heteroatoms. The number of carbonyl (C=O) groups is 1. The van der Waals surface area contributed by atoms with E-state index in [4.69, 9.17) is 9.47 Å². The second-order valence-electron chi connectivity index (χ2n) is 4.58. The van der Waals surface area contributed by atoms with Gasteiger partial charge in [0.1, 0.15) is 17.3 Å². The largest absolute Gasteiger partial charge is 0.493 e. The Kier molecular flexibility index (Phi) is 5.46. The molecule has 0 atom stereocenters. The van der Waals surface area contributed by atoms with Crippen LogP contribution in [-0.2, 0) is 4.74 Å². The van der Waals surface area contributed by atoms with E-state index in [1.807, 2.05) is 6.92 Å². The van der Waals surface area contributed by atoms with Crippen LogP contribution in [0.25, 0.3) is 11.3 Å². The summed E-state index contributed by atoms with van der Waals surface area (Å²) >= 11 is 0. The van der Waals surface area contributed by atoms with E-state index in [1.165, 1.54) is 18.2 Å². The number of rotatable bonds is 7. The molecule has 1 aromatic heterocycles. The van der Waals surface area contributed by atoms with E-state index in [1.54, 1.807) is 6.92 Å². The van der Waals surface area contributed by atoms with Crippen LogP contribution in [0.4, 0.5) is 4.39 Å². The normalized spacial score (nSPS) is 10.5. The second-order valence-corrected chi connectivity index (χ2v) is 4.58. The first-order chi connectivity index (χ1) is 10.7. The molecule has 22 heavy (non-hydrogen) atoms. The lowest BCUT2D eigenvalue weighted by molar-refractivity contribution is 0.0520. The summed E-state index contributed by atoms with van der Waals surface area (Å²) in [6, 6.07) is 4.07. The van der Waals surface area contributed by atoms with Gasteiger partial charge in [-0.05, 0) is 25.5 Å². The summed E-state index contributed by atoms with van der Waals surface area (Å²) in [6.07, 6.45) is 1.81. The minimum Gasteiger partial charge on any atom is -0.493 e. The molecule has 1 N–H and O–H groups in total. The predicted molar refractivity (Wildman–Crippen MR) is 78.1 cm³/mol. The zero-order valence-electron chi connectivity index (χ0n) is 12.6. The van der Waals surface area contributed by atoms with E-state index < -0.39 is 11.8 Å². The molecule has 1 aromatic carbocycles. The molecule has 2 aromatic rings. The quantitative estimate of drug-likeness (QED) is 0.628. The molecule has 0 fully saturated rings. The van der Waals surface area contributed by atoms with Crippen LogP contribution < -0.4 is 4.74 Å². The van der Waals surface area contributed by atoms with E-state index in [9.17, 15) is 9.18 Å². The Balaban J connectivity index is 2.36. The van der Waals surface area contributed by atoms with Crippen molar-refractivity contribution >= 4 is 5.97 Å². The number of benzene rings is 1. The Morgan fingerprint density at radius 3 is 2.86 bits per heavy atom. The highest BCUT2D eigenvalue weighted by atomic mass is 19.1. The number of unbranched alkanes of at least 4 members (excludes halogenated alkanes) is 1. The van der Waals surface area contributed by atoms with Gasteiger partial charge in [-0.3, -0.25) is 0 Å². The standard InChI is InChI=1S/C15H18FN3O3/c1-3-5-8-22-12-9-10(16)6-7-11(12)13-14(18-19-17-13)15(20)21-4-2/h6-7,9H,3-5,8H2,1-2H3,(H,17,18,19). The monoisotopic (exact) mass is 307 g/mol. The van der Waals surface area contributed by atoms with Crippen LogP contribution in [0, 0.1) is 5.82 Å². The summed E-state index contributed by atoms with van der Waals surface area (Å²) in [5.74, 6) is -0.681. The Hall–Kier alpha value is -2.44. The molecule has 0 unspecified atom stereocenters. The van der Waals surface area contributed by atoms with Crippen LogP contribution in [0.2, 0.25) is 0 Å². The molecule has 0 aliphatic carbocycles. The molecule has 118 valence electrons. The zero-order valence-corrected chi connectivity index (χ0v) is 12.6. The third-order valence-electron chi connectivity index (χ3n) is 2.97. The topological polar surface area (TPSA) is 77.1 Å². The summed E-state index contributed by atoms with van der Waals surface area (Å²) in [5, 5.41) is 10.2. The minimum absolute atomic E-state index is 0.0498. The number of esters is 1. The van der Waals surface area contributed by atoms with E-state index in [0.29, 0.717) is 17.9 Å². The molecule has 2 rings (SSSR count). The Morgan fingerprint density at radius 1 is 1.32 bits per heavy atom. The fourth-order valence-electron chi connectivity index (χ4n) is 1.90. The van der Waals surface area contributed by atoms with Crippen molar-refractivity contribution in [3.05, 3.63) is 29.7 Å². The van der Waals surface area contributed by atoms with Crippen molar-refractivity contribution in [2.24, 2.45) is 0 Å². The summed E-state index contributed by atoms with van der Waals surface area (Å²) in [5.41, 5.74) is 0.827. The molecule has 1 heterocycles. The van der Waals surface area contributed by atoms with E-state index in [0.717, 1.165) is 12.8 Å². The number of halogens is 1. The van der Waals surface area contributed by atoms with Gasteiger partial charge in [-0.2, -0.15) is 10.3 Å². The van der Waals surface area contributed by atoms with Gasteiger partial charge >= 0.3 is 5.97 Å². The number of aromatic amines is 1. The fraction of sp³-hybridized carbons (Fsp3) is 0.400. The summed E-state index contributed by atoms with van der Waals surface area (Å²) in [6.45, 7) is 4.43. The van der Waals surface area contributed by atoms with E-state index >= 15 is 0 Å².